The van der Waals surface area contributed by atoms with Crippen LogP contribution in [-0.2, 0) is 10.0 Å². The molecule has 0 bridgehead atoms. The lowest BCUT2D eigenvalue weighted by molar-refractivity contribution is 0.572. The maximum Gasteiger partial charge on any atom is 0.255 e. The van der Waals surface area contributed by atoms with E-state index in [9.17, 15) is 17.2 Å². The molecular formula is C9H7F2N3O2S. The van der Waals surface area contributed by atoms with E-state index in [1.54, 1.807) is 0 Å². The predicted octanol–water partition coefficient (Wildman–Crippen LogP) is 0.798. The highest BCUT2D eigenvalue weighted by Crippen LogP contribution is 2.16. The van der Waals surface area contributed by atoms with Crippen molar-refractivity contribution < 1.29 is 17.2 Å². The Bertz CT molecular complexity index is 646. The van der Waals surface area contributed by atoms with Gasteiger partial charge < -0.3 is 0 Å². The Morgan fingerprint density at radius 1 is 1.18 bits per heavy atom. The molecule has 2 aromatic rings. The van der Waals surface area contributed by atoms with Gasteiger partial charge in [-0.3, -0.25) is 0 Å². The second kappa shape index (κ2) is 3.90. The average molecular weight is 259 g/mol. The Balaban J connectivity index is 2.66. The van der Waals surface area contributed by atoms with E-state index in [0.29, 0.717) is 6.07 Å². The number of hydrogen-bond donors (Lipinski definition) is 1. The normalized spacial score (nSPS) is 11.7. The van der Waals surface area contributed by atoms with Crippen molar-refractivity contribution in [1.82, 2.24) is 9.78 Å². The molecule has 0 aliphatic rings. The maximum absolute atomic E-state index is 13.0. The maximum atomic E-state index is 13.0. The van der Waals surface area contributed by atoms with E-state index in [0.717, 1.165) is 22.9 Å². The van der Waals surface area contributed by atoms with Gasteiger partial charge in [-0.05, 0) is 18.2 Å². The van der Waals surface area contributed by atoms with Crippen molar-refractivity contribution >= 4 is 10.0 Å². The second-order valence-electron chi connectivity index (χ2n) is 3.25. The molecule has 2 N–H and O–H groups in total. The van der Waals surface area contributed by atoms with Crippen LogP contribution in [0.2, 0.25) is 0 Å². The zero-order valence-electron chi connectivity index (χ0n) is 8.34. The molecule has 1 aromatic heterocycles. The largest absolute Gasteiger partial charge is 0.255 e. The molecule has 8 heteroatoms. The topological polar surface area (TPSA) is 78.0 Å². The molecule has 1 heterocycles. The van der Waals surface area contributed by atoms with Gasteiger partial charge in [-0.2, -0.15) is 5.10 Å². The Morgan fingerprint density at radius 3 is 2.29 bits per heavy atom. The van der Waals surface area contributed by atoms with E-state index in [4.69, 9.17) is 5.14 Å². The minimum Gasteiger partial charge on any atom is -0.223 e. The fourth-order valence-corrected chi connectivity index (χ4v) is 2.01. The van der Waals surface area contributed by atoms with Crippen LogP contribution in [-0.4, -0.2) is 18.2 Å². The molecule has 17 heavy (non-hydrogen) atoms. The first kappa shape index (κ1) is 11.7. The van der Waals surface area contributed by atoms with Crippen LogP contribution in [0.1, 0.15) is 0 Å². The van der Waals surface area contributed by atoms with Gasteiger partial charge in [-0.15, -0.1) is 0 Å². The van der Waals surface area contributed by atoms with Crippen molar-refractivity contribution in [3.05, 3.63) is 42.1 Å². The minimum atomic E-state index is -4.01. The monoisotopic (exact) mass is 259 g/mol. The molecule has 0 saturated carbocycles. The molecule has 90 valence electrons. The second-order valence-corrected chi connectivity index (χ2v) is 4.76. The third-order valence-corrected chi connectivity index (χ3v) is 2.88. The van der Waals surface area contributed by atoms with Crippen molar-refractivity contribution in [1.29, 1.82) is 0 Å². The first-order valence-electron chi connectivity index (χ1n) is 4.41. The van der Waals surface area contributed by atoms with E-state index < -0.39 is 21.7 Å². The summed E-state index contributed by atoms with van der Waals surface area (Å²) >= 11 is 0. The quantitative estimate of drug-likeness (QED) is 0.866. The van der Waals surface area contributed by atoms with Crippen LogP contribution in [0, 0.1) is 11.6 Å². The first-order valence-corrected chi connectivity index (χ1v) is 5.96. The molecule has 0 unspecified atom stereocenters. The number of rotatable bonds is 2. The van der Waals surface area contributed by atoms with E-state index in [1.165, 1.54) is 6.20 Å². The summed E-state index contributed by atoms with van der Waals surface area (Å²) in [4.78, 5) is 0. The molecular weight excluding hydrogens is 252 g/mol. The zero-order chi connectivity index (χ0) is 12.6. The van der Waals surface area contributed by atoms with Crippen LogP contribution >= 0.6 is 0 Å². The van der Waals surface area contributed by atoms with Gasteiger partial charge in [0, 0.05) is 6.07 Å². The molecule has 0 radical (unpaired) electrons. The summed E-state index contributed by atoms with van der Waals surface area (Å²) in [7, 11) is -4.01. The number of benzene rings is 1. The molecule has 0 atom stereocenters. The average Bonchev–Trinajstić information content (AvgIpc) is 2.63. The molecule has 1 aromatic carbocycles. The van der Waals surface area contributed by atoms with Crippen LogP contribution in [0.4, 0.5) is 8.78 Å². The summed E-state index contributed by atoms with van der Waals surface area (Å²) < 4.78 is 49.2. The number of nitrogens with two attached hydrogens (primary N) is 1. The number of nitrogens with zero attached hydrogens (tertiary/aromatic N) is 2. The summed E-state index contributed by atoms with van der Waals surface area (Å²) in [6.07, 6.45) is 1.17. The summed E-state index contributed by atoms with van der Waals surface area (Å²) in [5.41, 5.74) is -0.0588. The van der Waals surface area contributed by atoms with Crippen molar-refractivity contribution in [2.24, 2.45) is 5.14 Å². The van der Waals surface area contributed by atoms with Gasteiger partial charge in [0.15, 0.2) is 5.03 Å². The molecule has 0 amide bonds. The van der Waals surface area contributed by atoms with Gasteiger partial charge in [-0.25, -0.2) is 27.0 Å². The van der Waals surface area contributed by atoms with Gasteiger partial charge in [-0.1, -0.05) is 0 Å². The van der Waals surface area contributed by atoms with Crippen LogP contribution in [0.5, 0.6) is 0 Å². The number of hydrogen-bond acceptors (Lipinski definition) is 3. The lowest BCUT2D eigenvalue weighted by Crippen LogP contribution is -2.17. The lowest BCUT2D eigenvalue weighted by atomic mass is 10.3. The van der Waals surface area contributed by atoms with Gasteiger partial charge in [0.2, 0.25) is 0 Å². The summed E-state index contributed by atoms with van der Waals surface area (Å²) in [5, 5.41) is 8.25. The number of halogens is 2. The third-order valence-electron chi connectivity index (χ3n) is 1.99. The summed E-state index contributed by atoms with van der Waals surface area (Å²) in [6, 6.07) is 3.71. The standard InChI is InChI=1S/C9H7F2N3O2S/c10-6-3-7(11)5-8(4-6)14-9(1-2-13-14)17(12,15)16/h1-5H,(H2,12,15,16). The van der Waals surface area contributed by atoms with Crippen molar-refractivity contribution in [2.75, 3.05) is 0 Å². The van der Waals surface area contributed by atoms with E-state index in [2.05, 4.69) is 5.10 Å². The molecule has 0 aliphatic carbocycles. The number of primary sulfonamides is 1. The molecule has 2 rings (SSSR count). The molecule has 0 aliphatic heterocycles. The fourth-order valence-electron chi connectivity index (χ4n) is 1.36. The van der Waals surface area contributed by atoms with Crippen LogP contribution in [0.3, 0.4) is 0 Å². The molecule has 0 spiro atoms. The fraction of sp³-hybridized carbons (Fsp3) is 0. The minimum absolute atomic E-state index is 0.0588. The molecule has 5 nitrogen and oxygen atoms in total. The zero-order valence-corrected chi connectivity index (χ0v) is 9.16. The summed E-state index contributed by atoms with van der Waals surface area (Å²) in [6.45, 7) is 0. The van der Waals surface area contributed by atoms with Crippen molar-refractivity contribution in [3.8, 4) is 5.69 Å². The van der Waals surface area contributed by atoms with Gasteiger partial charge in [0.1, 0.15) is 11.6 Å². The van der Waals surface area contributed by atoms with Crippen molar-refractivity contribution in [3.63, 3.8) is 0 Å². The third kappa shape index (κ3) is 2.32. The first-order chi connectivity index (χ1) is 7.88. The highest BCUT2D eigenvalue weighted by molar-refractivity contribution is 7.89. The van der Waals surface area contributed by atoms with Crippen molar-refractivity contribution in [2.45, 2.75) is 5.03 Å². The van der Waals surface area contributed by atoms with Gasteiger partial charge in [0.05, 0.1) is 11.9 Å². The Morgan fingerprint density at radius 2 is 1.76 bits per heavy atom. The van der Waals surface area contributed by atoms with Crippen LogP contribution in [0.15, 0.2) is 35.5 Å². The predicted molar refractivity (Wildman–Crippen MR) is 54.9 cm³/mol. The summed E-state index contributed by atoms with van der Waals surface area (Å²) in [5.74, 6) is -1.67. The Kier molecular flexibility index (Phi) is 2.68. The van der Waals surface area contributed by atoms with Gasteiger partial charge >= 0.3 is 0 Å². The lowest BCUT2D eigenvalue weighted by Gasteiger charge is -2.05. The highest BCUT2D eigenvalue weighted by Gasteiger charge is 2.16. The molecule has 0 fully saturated rings. The smallest absolute Gasteiger partial charge is 0.223 e. The van der Waals surface area contributed by atoms with Crippen LogP contribution in [0.25, 0.3) is 5.69 Å². The molecule has 0 saturated heterocycles. The van der Waals surface area contributed by atoms with Gasteiger partial charge in [0.25, 0.3) is 10.0 Å². The SMILES string of the molecule is NS(=O)(=O)c1ccnn1-c1cc(F)cc(F)c1. The highest BCUT2D eigenvalue weighted by atomic mass is 32.2. The Labute approximate surface area is 95.5 Å². The number of aromatic nitrogens is 2. The van der Waals surface area contributed by atoms with E-state index in [1.807, 2.05) is 0 Å². The Hall–Kier alpha value is -1.80. The van der Waals surface area contributed by atoms with Crippen LogP contribution < -0.4 is 5.14 Å². The van der Waals surface area contributed by atoms with E-state index >= 15 is 0 Å². The van der Waals surface area contributed by atoms with E-state index in [-0.39, 0.29) is 10.7 Å². The number of sulfonamides is 1.